The van der Waals surface area contributed by atoms with Crippen LogP contribution in [0.3, 0.4) is 0 Å². The molecule has 1 aliphatic heterocycles. The van der Waals surface area contributed by atoms with Crippen molar-refractivity contribution >= 4 is 37.3 Å². The van der Waals surface area contributed by atoms with Gasteiger partial charge in [-0.25, -0.2) is 0 Å². The number of nitrogens with zero attached hydrogens (tertiary/aromatic N) is 1. The first-order valence-electron chi connectivity index (χ1n) is 10.8. The maximum absolute atomic E-state index is 11.8. The molecule has 3 rings (SSSR count). The predicted molar refractivity (Wildman–Crippen MR) is 133 cm³/mol. The smallest absolute Gasteiger partial charge is 0.294 e. The monoisotopic (exact) mass is 505 g/mol. The van der Waals surface area contributed by atoms with Crippen molar-refractivity contribution < 1.29 is 30.5 Å². The van der Waals surface area contributed by atoms with Crippen molar-refractivity contribution in [3.8, 4) is 0 Å². The summed E-state index contributed by atoms with van der Waals surface area (Å²) in [5.41, 5.74) is 2.52. The van der Waals surface area contributed by atoms with Gasteiger partial charge in [0.25, 0.3) is 20.2 Å². The van der Waals surface area contributed by atoms with Gasteiger partial charge in [-0.1, -0.05) is 24.3 Å². The number of hydrogen-bond donors (Lipinski definition) is 3. The molecule has 0 spiro atoms. The number of allylic oxidation sites excluding steroid dienone is 3. The molecule has 1 heterocycles. The maximum atomic E-state index is 11.8. The minimum Gasteiger partial charge on any atom is -0.362 e. The van der Waals surface area contributed by atoms with Gasteiger partial charge in [0.15, 0.2) is 5.71 Å². The first-order valence-corrected chi connectivity index (χ1v) is 13.9. The molecular formula is C24H29N2O6S2+. The highest BCUT2D eigenvalue weighted by molar-refractivity contribution is 7.86. The molecule has 0 amide bonds. The van der Waals surface area contributed by atoms with Crippen LogP contribution < -0.4 is 5.32 Å². The maximum Gasteiger partial charge on any atom is 0.294 e. The number of nitrogens with one attached hydrogen (secondary N) is 1. The van der Waals surface area contributed by atoms with Crippen molar-refractivity contribution in [1.29, 1.82) is 0 Å². The average molecular weight is 506 g/mol. The van der Waals surface area contributed by atoms with Gasteiger partial charge in [-0.2, -0.15) is 21.4 Å². The van der Waals surface area contributed by atoms with E-state index in [1.54, 1.807) is 12.3 Å². The van der Waals surface area contributed by atoms with E-state index in [9.17, 15) is 25.9 Å². The van der Waals surface area contributed by atoms with Crippen molar-refractivity contribution in [1.82, 2.24) is 0 Å². The van der Waals surface area contributed by atoms with Crippen molar-refractivity contribution in [2.45, 2.75) is 37.0 Å². The van der Waals surface area contributed by atoms with Gasteiger partial charge < -0.3 is 5.32 Å². The topological polar surface area (TPSA) is 124 Å². The number of rotatable bonds is 10. The normalized spacial score (nSPS) is 18.7. The zero-order chi connectivity index (χ0) is 25.0. The first-order chi connectivity index (χ1) is 16.0. The molecule has 182 valence electrons. The largest absolute Gasteiger partial charge is 0.362 e. The predicted octanol–water partition coefficient (Wildman–Crippen LogP) is 4.16. The van der Waals surface area contributed by atoms with E-state index in [0.717, 1.165) is 17.1 Å². The third kappa shape index (κ3) is 6.01. The van der Waals surface area contributed by atoms with Crippen molar-refractivity contribution in [2.75, 3.05) is 17.6 Å². The minimum atomic E-state index is -4.41. The molecule has 0 radical (unpaired) electrons. The van der Waals surface area contributed by atoms with E-state index in [1.165, 1.54) is 12.1 Å². The highest BCUT2D eigenvalue weighted by Gasteiger charge is 2.47. The van der Waals surface area contributed by atoms with E-state index in [2.05, 4.69) is 5.32 Å². The molecule has 1 aliphatic rings. The fourth-order valence-corrected chi connectivity index (χ4v) is 5.30. The Morgan fingerprint density at radius 2 is 1.74 bits per heavy atom. The van der Waals surface area contributed by atoms with Gasteiger partial charge in [-0.05, 0) is 57.0 Å². The molecule has 1 atom stereocenters. The van der Waals surface area contributed by atoms with Gasteiger partial charge in [0, 0.05) is 29.6 Å². The van der Waals surface area contributed by atoms with Gasteiger partial charge >= 0.3 is 0 Å². The molecular weight excluding hydrogens is 476 g/mol. The Morgan fingerprint density at radius 3 is 2.35 bits per heavy atom. The fraction of sp³-hybridized carbons (Fsp3) is 0.292. The quantitative estimate of drug-likeness (QED) is 0.252. The molecule has 34 heavy (non-hydrogen) atoms. The molecule has 0 bridgehead atoms. The Bertz CT molecular complexity index is 1350. The van der Waals surface area contributed by atoms with Crippen LogP contribution in [0.5, 0.6) is 0 Å². The Labute approximate surface area is 200 Å². The molecule has 2 aromatic carbocycles. The molecule has 0 saturated heterocycles. The summed E-state index contributed by atoms with van der Waals surface area (Å²) >= 11 is 0. The van der Waals surface area contributed by atoms with Gasteiger partial charge in [-0.15, -0.1) is 0 Å². The van der Waals surface area contributed by atoms with Crippen molar-refractivity contribution in [2.24, 2.45) is 0 Å². The van der Waals surface area contributed by atoms with Crippen LogP contribution >= 0.6 is 0 Å². The lowest BCUT2D eigenvalue weighted by atomic mass is 9.76. The summed E-state index contributed by atoms with van der Waals surface area (Å²) in [5, 5.41) is 3.16. The van der Waals surface area contributed by atoms with Crippen LogP contribution in [0, 0.1) is 0 Å². The van der Waals surface area contributed by atoms with Crippen LogP contribution in [0.1, 0.15) is 32.3 Å². The molecule has 0 fully saturated rings. The van der Waals surface area contributed by atoms with E-state index >= 15 is 0 Å². The van der Waals surface area contributed by atoms with Crippen LogP contribution in [0.4, 0.5) is 11.4 Å². The summed E-state index contributed by atoms with van der Waals surface area (Å²) < 4.78 is 66.9. The lowest BCUT2D eigenvalue weighted by Gasteiger charge is -2.22. The van der Waals surface area contributed by atoms with E-state index < -0.39 is 31.4 Å². The number of benzene rings is 2. The molecule has 0 aliphatic carbocycles. The molecule has 3 N–H and O–H groups in total. The Balaban J connectivity index is 1.97. The SMILES string of the molecule is CC[N+]1=C(/C=C/C=C/Nc2ccccc2)C(C)(CCCS(=O)(=O)O)c2cc(S(=O)(=O)O)ccc21. The Hall–Kier alpha value is -2.79. The number of anilines is 1. The highest BCUT2D eigenvalue weighted by Crippen LogP contribution is 2.44. The van der Waals surface area contributed by atoms with Gasteiger partial charge in [-0.3, -0.25) is 9.11 Å². The summed E-state index contributed by atoms with van der Waals surface area (Å²) in [6.07, 6.45) is 7.90. The first kappa shape index (κ1) is 25.8. The average Bonchev–Trinajstić information content (AvgIpc) is 3.00. The third-order valence-electron chi connectivity index (χ3n) is 5.89. The Morgan fingerprint density at radius 1 is 1.03 bits per heavy atom. The fourth-order valence-electron chi connectivity index (χ4n) is 4.28. The van der Waals surface area contributed by atoms with Crippen LogP contribution in [0.2, 0.25) is 0 Å². The standard InChI is InChI=1S/C24H28N2O6S2/c1-3-26-22-14-13-20(34(30,31)32)18-21(22)24(2,15-9-17-33(27,28)29)23(26)12-7-8-16-25-19-10-5-4-6-11-19/h4-8,10-14,16,18H,3,9,15,17H2,1-2H3,(H2,27,28,29,30,31,32)/p+1. The molecule has 0 saturated carbocycles. The summed E-state index contributed by atoms with van der Waals surface area (Å²) in [7, 11) is -8.55. The summed E-state index contributed by atoms with van der Waals surface area (Å²) in [6, 6.07) is 14.1. The van der Waals surface area contributed by atoms with Crippen LogP contribution in [-0.4, -0.2) is 48.5 Å². The van der Waals surface area contributed by atoms with Crippen molar-refractivity contribution in [3.05, 3.63) is 78.5 Å². The van der Waals surface area contributed by atoms with Gasteiger partial charge in [0.2, 0.25) is 5.69 Å². The molecule has 2 aromatic rings. The highest BCUT2D eigenvalue weighted by atomic mass is 32.2. The van der Waals surface area contributed by atoms with E-state index in [-0.39, 0.29) is 11.3 Å². The second-order valence-corrected chi connectivity index (χ2v) is 11.2. The van der Waals surface area contributed by atoms with Crippen LogP contribution in [0.25, 0.3) is 0 Å². The number of fused-ring (bicyclic) bond motifs is 1. The zero-order valence-corrected chi connectivity index (χ0v) is 20.7. The lowest BCUT2D eigenvalue weighted by molar-refractivity contribution is -0.433. The Kier molecular flexibility index (Phi) is 7.77. The number of hydrogen-bond acceptors (Lipinski definition) is 5. The summed E-state index contributed by atoms with van der Waals surface area (Å²) in [5.74, 6) is -0.403. The second-order valence-electron chi connectivity index (χ2n) is 8.23. The van der Waals surface area contributed by atoms with Crippen molar-refractivity contribution in [3.63, 3.8) is 0 Å². The van der Waals surface area contributed by atoms with Crippen LogP contribution in [0.15, 0.2) is 77.9 Å². The molecule has 10 heteroatoms. The van der Waals surface area contributed by atoms with E-state index in [4.69, 9.17) is 0 Å². The zero-order valence-electron chi connectivity index (χ0n) is 19.0. The minimum absolute atomic E-state index is 0.172. The molecule has 1 unspecified atom stereocenters. The second kappa shape index (κ2) is 10.2. The summed E-state index contributed by atoms with van der Waals surface area (Å²) in [6.45, 7) is 4.47. The third-order valence-corrected chi connectivity index (χ3v) is 7.54. The summed E-state index contributed by atoms with van der Waals surface area (Å²) in [4.78, 5) is -0.222. The van der Waals surface area contributed by atoms with Gasteiger partial charge in [0.05, 0.1) is 16.1 Å². The van der Waals surface area contributed by atoms with E-state index in [1.807, 2.05) is 67.0 Å². The van der Waals surface area contributed by atoms with E-state index in [0.29, 0.717) is 18.5 Å². The number of para-hydroxylation sites is 1. The molecule has 8 nitrogen and oxygen atoms in total. The van der Waals surface area contributed by atoms with Gasteiger partial charge in [0.1, 0.15) is 6.54 Å². The van der Waals surface area contributed by atoms with Crippen LogP contribution in [-0.2, 0) is 25.7 Å². The molecule has 0 aromatic heterocycles. The lowest BCUT2D eigenvalue weighted by Crippen LogP contribution is -2.32.